The zero-order valence-electron chi connectivity index (χ0n) is 10.3. The minimum Gasteiger partial charge on any atom is -0.330 e. The number of nitrogens with zero attached hydrogens (tertiary/aromatic N) is 1. The maximum atomic E-state index is 11.9. The van der Waals surface area contributed by atoms with Crippen molar-refractivity contribution >= 4 is 17.3 Å². The Morgan fingerprint density at radius 3 is 2.83 bits per heavy atom. The molecule has 1 aromatic rings. The number of benzene rings is 1. The Bertz CT molecular complexity index is 434. The van der Waals surface area contributed by atoms with Crippen molar-refractivity contribution < 1.29 is 9.72 Å². The fourth-order valence-corrected chi connectivity index (χ4v) is 1.65. The largest absolute Gasteiger partial charge is 0.330 e. The average molecular weight is 251 g/mol. The lowest BCUT2D eigenvalue weighted by molar-refractivity contribution is -0.384. The number of hydrogen-bond acceptors (Lipinski definition) is 4. The molecule has 0 aliphatic rings. The molecule has 1 amide bonds. The number of rotatable bonds is 6. The number of carbonyl (C=O) groups excluding carboxylic acids is 1. The van der Waals surface area contributed by atoms with Gasteiger partial charge in [-0.1, -0.05) is 19.4 Å². The van der Waals surface area contributed by atoms with Gasteiger partial charge in [0, 0.05) is 24.4 Å². The van der Waals surface area contributed by atoms with E-state index in [9.17, 15) is 14.9 Å². The van der Waals surface area contributed by atoms with E-state index in [2.05, 4.69) is 5.32 Å². The Kier molecular flexibility index (Phi) is 5.26. The standard InChI is InChI=1S/C12H17N3O3/c1-2-4-9(8-13)12(16)14-10-5-3-6-11(7-10)15(17)18/h3,5-7,9H,2,4,8,13H2,1H3,(H,14,16). The molecule has 6 heteroatoms. The van der Waals surface area contributed by atoms with E-state index in [1.54, 1.807) is 6.07 Å². The number of nitro groups is 1. The zero-order valence-corrected chi connectivity index (χ0v) is 10.3. The van der Waals surface area contributed by atoms with Gasteiger partial charge in [0.15, 0.2) is 0 Å². The van der Waals surface area contributed by atoms with Crippen LogP contribution in [0.3, 0.4) is 0 Å². The first-order valence-corrected chi connectivity index (χ1v) is 5.83. The van der Waals surface area contributed by atoms with Gasteiger partial charge < -0.3 is 11.1 Å². The minimum absolute atomic E-state index is 0.0485. The van der Waals surface area contributed by atoms with Gasteiger partial charge in [0.1, 0.15) is 0 Å². The quantitative estimate of drug-likeness (QED) is 0.596. The summed E-state index contributed by atoms with van der Waals surface area (Å²) in [6.07, 6.45) is 1.57. The highest BCUT2D eigenvalue weighted by atomic mass is 16.6. The Labute approximate surface area is 105 Å². The van der Waals surface area contributed by atoms with Crippen LogP contribution in [0.5, 0.6) is 0 Å². The topological polar surface area (TPSA) is 98.3 Å². The zero-order chi connectivity index (χ0) is 13.5. The number of carbonyl (C=O) groups is 1. The molecule has 0 aliphatic heterocycles. The van der Waals surface area contributed by atoms with Gasteiger partial charge in [0.05, 0.1) is 10.8 Å². The molecule has 1 atom stereocenters. The van der Waals surface area contributed by atoms with E-state index in [-0.39, 0.29) is 24.1 Å². The Balaban J connectivity index is 2.74. The molecule has 0 aromatic heterocycles. The molecule has 1 aromatic carbocycles. The number of anilines is 1. The Hall–Kier alpha value is -1.95. The third kappa shape index (κ3) is 3.81. The van der Waals surface area contributed by atoms with Crippen LogP contribution >= 0.6 is 0 Å². The van der Waals surface area contributed by atoms with E-state index in [0.29, 0.717) is 12.1 Å². The predicted octanol–water partition coefficient (Wildman–Crippen LogP) is 1.91. The molecule has 0 heterocycles. The smallest absolute Gasteiger partial charge is 0.271 e. The molecular formula is C12H17N3O3. The minimum atomic E-state index is -0.498. The summed E-state index contributed by atoms with van der Waals surface area (Å²) in [7, 11) is 0. The normalized spacial score (nSPS) is 11.9. The molecule has 0 bridgehead atoms. The summed E-state index contributed by atoms with van der Waals surface area (Å²) in [6.45, 7) is 2.25. The van der Waals surface area contributed by atoms with Crippen LogP contribution < -0.4 is 11.1 Å². The SMILES string of the molecule is CCCC(CN)C(=O)Nc1cccc([N+](=O)[O-])c1. The van der Waals surface area contributed by atoms with Crippen LogP contribution in [-0.2, 0) is 4.79 Å². The summed E-state index contributed by atoms with van der Waals surface area (Å²) < 4.78 is 0. The van der Waals surface area contributed by atoms with Crippen molar-refractivity contribution in [3.05, 3.63) is 34.4 Å². The van der Waals surface area contributed by atoms with Crippen LogP contribution in [-0.4, -0.2) is 17.4 Å². The first kappa shape index (κ1) is 14.1. The van der Waals surface area contributed by atoms with Crippen molar-refractivity contribution in [2.45, 2.75) is 19.8 Å². The van der Waals surface area contributed by atoms with Gasteiger partial charge in [-0.05, 0) is 12.5 Å². The number of amides is 1. The van der Waals surface area contributed by atoms with Crippen LogP contribution in [0.4, 0.5) is 11.4 Å². The average Bonchev–Trinajstić information content (AvgIpc) is 2.36. The summed E-state index contributed by atoms with van der Waals surface area (Å²) in [5.41, 5.74) is 5.89. The van der Waals surface area contributed by atoms with Gasteiger partial charge in [-0.25, -0.2) is 0 Å². The summed E-state index contributed by atoms with van der Waals surface area (Å²) in [5.74, 6) is -0.450. The fourth-order valence-electron chi connectivity index (χ4n) is 1.65. The summed E-state index contributed by atoms with van der Waals surface area (Å²) in [4.78, 5) is 22.0. The molecule has 6 nitrogen and oxygen atoms in total. The van der Waals surface area contributed by atoms with Crippen LogP contribution in [0.25, 0.3) is 0 Å². The van der Waals surface area contributed by atoms with Crippen LogP contribution in [0.1, 0.15) is 19.8 Å². The van der Waals surface area contributed by atoms with Crippen molar-refractivity contribution in [1.29, 1.82) is 0 Å². The lowest BCUT2D eigenvalue weighted by atomic mass is 10.0. The molecular weight excluding hydrogens is 234 g/mol. The van der Waals surface area contributed by atoms with Crippen molar-refractivity contribution in [2.24, 2.45) is 11.7 Å². The van der Waals surface area contributed by atoms with Gasteiger partial charge in [-0.2, -0.15) is 0 Å². The summed E-state index contributed by atoms with van der Waals surface area (Å²) >= 11 is 0. The second-order valence-electron chi connectivity index (χ2n) is 4.02. The third-order valence-electron chi connectivity index (χ3n) is 2.62. The number of hydrogen-bond donors (Lipinski definition) is 2. The molecule has 18 heavy (non-hydrogen) atoms. The van der Waals surface area contributed by atoms with Crippen molar-refractivity contribution in [3.63, 3.8) is 0 Å². The van der Waals surface area contributed by atoms with Crippen molar-refractivity contribution in [2.75, 3.05) is 11.9 Å². The molecule has 0 fully saturated rings. The second kappa shape index (κ2) is 6.70. The van der Waals surface area contributed by atoms with Crippen molar-refractivity contribution in [1.82, 2.24) is 0 Å². The predicted molar refractivity (Wildman–Crippen MR) is 69.2 cm³/mol. The molecule has 1 rings (SSSR count). The first-order chi connectivity index (χ1) is 8.58. The van der Waals surface area contributed by atoms with E-state index in [0.717, 1.165) is 6.42 Å². The van der Waals surface area contributed by atoms with E-state index in [1.807, 2.05) is 6.92 Å². The molecule has 1 unspecified atom stereocenters. The molecule has 3 N–H and O–H groups in total. The Morgan fingerprint density at radius 2 is 2.28 bits per heavy atom. The molecule has 0 aliphatic carbocycles. The second-order valence-corrected chi connectivity index (χ2v) is 4.02. The van der Waals surface area contributed by atoms with E-state index in [4.69, 9.17) is 5.73 Å². The fraction of sp³-hybridized carbons (Fsp3) is 0.417. The molecule has 0 radical (unpaired) electrons. The monoisotopic (exact) mass is 251 g/mol. The van der Waals surface area contributed by atoms with Crippen LogP contribution in [0, 0.1) is 16.0 Å². The molecule has 0 saturated heterocycles. The lowest BCUT2D eigenvalue weighted by Gasteiger charge is -2.13. The number of nitrogens with one attached hydrogen (secondary N) is 1. The summed E-state index contributed by atoms with van der Waals surface area (Å²) in [5, 5.41) is 13.3. The molecule has 98 valence electrons. The number of nitrogens with two attached hydrogens (primary N) is 1. The van der Waals surface area contributed by atoms with Crippen LogP contribution in [0.15, 0.2) is 24.3 Å². The van der Waals surface area contributed by atoms with E-state index in [1.165, 1.54) is 18.2 Å². The van der Waals surface area contributed by atoms with Gasteiger partial charge in [0.2, 0.25) is 5.91 Å². The Morgan fingerprint density at radius 1 is 1.56 bits per heavy atom. The highest BCUT2D eigenvalue weighted by molar-refractivity contribution is 5.92. The molecule has 0 saturated carbocycles. The maximum Gasteiger partial charge on any atom is 0.271 e. The maximum absolute atomic E-state index is 11.9. The van der Waals surface area contributed by atoms with Gasteiger partial charge in [0.25, 0.3) is 5.69 Å². The molecule has 0 spiro atoms. The van der Waals surface area contributed by atoms with Crippen LogP contribution in [0.2, 0.25) is 0 Å². The highest BCUT2D eigenvalue weighted by Gasteiger charge is 2.16. The number of nitro benzene ring substituents is 1. The first-order valence-electron chi connectivity index (χ1n) is 5.83. The van der Waals surface area contributed by atoms with Gasteiger partial charge in [-0.3, -0.25) is 14.9 Å². The number of non-ortho nitro benzene ring substituents is 1. The third-order valence-corrected chi connectivity index (χ3v) is 2.62. The highest BCUT2D eigenvalue weighted by Crippen LogP contribution is 2.18. The van der Waals surface area contributed by atoms with Crippen molar-refractivity contribution in [3.8, 4) is 0 Å². The van der Waals surface area contributed by atoms with Gasteiger partial charge >= 0.3 is 0 Å². The lowest BCUT2D eigenvalue weighted by Crippen LogP contribution is -2.29. The van der Waals surface area contributed by atoms with E-state index < -0.39 is 4.92 Å². The van der Waals surface area contributed by atoms with E-state index >= 15 is 0 Å². The summed E-state index contributed by atoms with van der Waals surface area (Å²) in [6, 6.07) is 5.86. The van der Waals surface area contributed by atoms with Gasteiger partial charge in [-0.15, -0.1) is 0 Å².